The van der Waals surface area contributed by atoms with E-state index >= 15 is 0 Å². The van der Waals surface area contributed by atoms with Gasteiger partial charge < -0.3 is 20.1 Å². The lowest BCUT2D eigenvalue weighted by atomic mass is 10.0. The van der Waals surface area contributed by atoms with Gasteiger partial charge in [0.05, 0.1) is 11.6 Å². The van der Waals surface area contributed by atoms with Crippen molar-refractivity contribution in [3.8, 4) is 0 Å². The monoisotopic (exact) mass is 385 g/mol. The number of hydrogen-bond donors (Lipinski definition) is 2. The Kier molecular flexibility index (Phi) is 9.74. The lowest BCUT2D eigenvalue weighted by Gasteiger charge is -2.21. The summed E-state index contributed by atoms with van der Waals surface area (Å²) in [5, 5.41) is 6.61. The van der Waals surface area contributed by atoms with E-state index in [9.17, 15) is 4.39 Å². The van der Waals surface area contributed by atoms with Crippen molar-refractivity contribution >= 4 is 17.6 Å². The summed E-state index contributed by atoms with van der Waals surface area (Å²) in [4.78, 5) is 4.50. The number of aliphatic imine (C=N–C) groups is 1. The van der Waals surface area contributed by atoms with Gasteiger partial charge in [-0.05, 0) is 49.8 Å². The Labute approximate surface area is 160 Å². The summed E-state index contributed by atoms with van der Waals surface area (Å²) in [6.07, 6.45) is 3.11. The summed E-state index contributed by atoms with van der Waals surface area (Å²) in [5.74, 6) is 0.959. The lowest BCUT2D eigenvalue weighted by Crippen LogP contribution is -2.38. The van der Waals surface area contributed by atoms with Crippen molar-refractivity contribution in [3.05, 3.63) is 34.6 Å². The zero-order chi connectivity index (χ0) is 18.6. The smallest absolute Gasteiger partial charge is 0.191 e. The fourth-order valence-corrected chi connectivity index (χ4v) is 2.90. The van der Waals surface area contributed by atoms with Crippen molar-refractivity contribution in [1.82, 2.24) is 10.6 Å². The summed E-state index contributed by atoms with van der Waals surface area (Å²) in [7, 11) is 0. The van der Waals surface area contributed by atoms with Crippen LogP contribution in [0.4, 0.5) is 4.39 Å². The third kappa shape index (κ3) is 7.89. The molecule has 1 fully saturated rings. The first-order valence-corrected chi connectivity index (χ1v) is 9.68. The second kappa shape index (κ2) is 12.1. The normalized spacial score (nSPS) is 15.9. The number of rotatable bonds is 9. The molecule has 0 saturated carbocycles. The summed E-state index contributed by atoms with van der Waals surface area (Å²) in [5.41, 5.74) is 0.869. The van der Waals surface area contributed by atoms with Crippen LogP contribution >= 0.6 is 11.6 Å². The zero-order valence-corrected chi connectivity index (χ0v) is 16.2. The molecule has 1 aliphatic heterocycles. The van der Waals surface area contributed by atoms with Crippen LogP contribution in [0.15, 0.2) is 23.2 Å². The van der Waals surface area contributed by atoms with Crippen molar-refractivity contribution in [2.75, 3.05) is 39.5 Å². The number of benzene rings is 1. The average molecular weight is 386 g/mol. The quantitative estimate of drug-likeness (QED) is 0.389. The lowest BCUT2D eigenvalue weighted by molar-refractivity contribution is 0.0203. The van der Waals surface area contributed by atoms with Crippen molar-refractivity contribution in [1.29, 1.82) is 0 Å². The molecule has 0 aliphatic carbocycles. The van der Waals surface area contributed by atoms with Crippen LogP contribution < -0.4 is 10.6 Å². The molecule has 0 spiro atoms. The van der Waals surface area contributed by atoms with Crippen LogP contribution in [0.5, 0.6) is 0 Å². The number of halogens is 2. The highest BCUT2D eigenvalue weighted by atomic mass is 35.5. The molecule has 0 aromatic heterocycles. The minimum atomic E-state index is -0.412. The molecule has 1 aromatic carbocycles. The predicted molar refractivity (Wildman–Crippen MR) is 103 cm³/mol. The van der Waals surface area contributed by atoms with Crippen LogP contribution in [-0.4, -0.2) is 45.5 Å². The van der Waals surface area contributed by atoms with E-state index in [0.29, 0.717) is 12.5 Å². The molecule has 2 rings (SSSR count). The van der Waals surface area contributed by atoms with Gasteiger partial charge in [0.1, 0.15) is 5.82 Å². The first-order valence-electron chi connectivity index (χ1n) is 9.30. The van der Waals surface area contributed by atoms with E-state index in [0.717, 1.165) is 70.3 Å². The van der Waals surface area contributed by atoms with E-state index in [4.69, 9.17) is 21.1 Å². The van der Waals surface area contributed by atoms with Crippen LogP contribution in [-0.2, 0) is 16.0 Å². The largest absolute Gasteiger partial charge is 0.381 e. The van der Waals surface area contributed by atoms with Crippen LogP contribution in [0, 0.1) is 11.7 Å². The molecule has 5 nitrogen and oxygen atoms in total. The Bertz CT molecular complexity index is 566. The maximum Gasteiger partial charge on any atom is 0.191 e. The van der Waals surface area contributed by atoms with Crippen molar-refractivity contribution in [3.63, 3.8) is 0 Å². The third-order valence-corrected chi connectivity index (χ3v) is 4.49. The second-order valence-electron chi connectivity index (χ2n) is 6.35. The van der Waals surface area contributed by atoms with Crippen LogP contribution in [0.3, 0.4) is 0 Å². The molecule has 0 atom stereocenters. The van der Waals surface area contributed by atoms with Gasteiger partial charge in [-0.3, -0.25) is 0 Å². The fourth-order valence-electron chi connectivity index (χ4n) is 2.69. The average Bonchev–Trinajstić information content (AvgIpc) is 2.66. The van der Waals surface area contributed by atoms with Gasteiger partial charge in [-0.25, -0.2) is 9.38 Å². The molecular weight excluding hydrogens is 357 g/mol. The van der Waals surface area contributed by atoms with Gasteiger partial charge in [-0.1, -0.05) is 17.7 Å². The molecule has 26 heavy (non-hydrogen) atoms. The molecule has 0 amide bonds. The summed E-state index contributed by atoms with van der Waals surface area (Å²) < 4.78 is 24.3. The Morgan fingerprint density at radius 1 is 1.35 bits per heavy atom. The number of ether oxygens (including phenoxy) is 2. The summed E-state index contributed by atoms with van der Waals surface area (Å²) in [6, 6.07) is 4.66. The van der Waals surface area contributed by atoms with Gasteiger partial charge in [0.25, 0.3) is 0 Å². The zero-order valence-electron chi connectivity index (χ0n) is 15.4. The SMILES string of the molecule is CCNC(=NCc1ccc(F)c(Cl)c1)NCCCOCC1CCOCC1. The summed E-state index contributed by atoms with van der Waals surface area (Å²) >= 11 is 5.80. The van der Waals surface area contributed by atoms with E-state index in [1.54, 1.807) is 12.1 Å². The number of nitrogens with zero attached hydrogens (tertiary/aromatic N) is 1. The Hall–Kier alpha value is -1.37. The van der Waals surface area contributed by atoms with E-state index in [1.807, 2.05) is 6.92 Å². The predicted octanol–water partition coefficient (Wildman–Crippen LogP) is 3.37. The number of hydrogen-bond acceptors (Lipinski definition) is 3. The molecule has 0 unspecified atom stereocenters. The maximum atomic E-state index is 13.2. The minimum Gasteiger partial charge on any atom is -0.381 e. The van der Waals surface area contributed by atoms with Crippen molar-refractivity contribution < 1.29 is 13.9 Å². The molecule has 0 bridgehead atoms. The van der Waals surface area contributed by atoms with Crippen LogP contribution in [0.25, 0.3) is 0 Å². The maximum absolute atomic E-state index is 13.2. The van der Waals surface area contributed by atoms with Gasteiger partial charge in [0, 0.05) is 39.5 Å². The Morgan fingerprint density at radius 2 is 2.15 bits per heavy atom. The Balaban J connectivity index is 1.65. The fraction of sp³-hybridized carbons (Fsp3) is 0.632. The van der Waals surface area contributed by atoms with E-state index in [2.05, 4.69) is 15.6 Å². The molecular formula is C19H29ClFN3O2. The van der Waals surface area contributed by atoms with Crippen molar-refractivity contribution in [2.45, 2.75) is 32.7 Å². The van der Waals surface area contributed by atoms with E-state index in [-0.39, 0.29) is 5.02 Å². The molecule has 7 heteroatoms. The van der Waals surface area contributed by atoms with Gasteiger partial charge >= 0.3 is 0 Å². The van der Waals surface area contributed by atoms with E-state index in [1.165, 1.54) is 6.07 Å². The molecule has 1 aliphatic rings. The molecule has 1 saturated heterocycles. The van der Waals surface area contributed by atoms with Gasteiger partial charge in [0.15, 0.2) is 5.96 Å². The third-order valence-electron chi connectivity index (χ3n) is 4.20. The van der Waals surface area contributed by atoms with Gasteiger partial charge in [0.2, 0.25) is 0 Å². The first kappa shape index (κ1) is 20.9. The highest BCUT2D eigenvalue weighted by Gasteiger charge is 2.13. The number of guanidine groups is 1. The molecule has 2 N–H and O–H groups in total. The van der Waals surface area contributed by atoms with Crippen LogP contribution in [0.1, 0.15) is 31.7 Å². The molecule has 146 valence electrons. The highest BCUT2D eigenvalue weighted by molar-refractivity contribution is 6.30. The number of nitrogens with one attached hydrogen (secondary N) is 2. The first-order chi connectivity index (χ1) is 12.7. The van der Waals surface area contributed by atoms with Crippen LogP contribution in [0.2, 0.25) is 5.02 Å². The molecule has 1 heterocycles. The minimum absolute atomic E-state index is 0.123. The van der Waals surface area contributed by atoms with E-state index < -0.39 is 5.82 Å². The Morgan fingerprint density at radius 3 is 2.88 bits per heavy atom. The highest BCUT2D eigenvalue weighted by Crippen LogP contribution is 2.16. The summed E-state index contributed by atoms with van der Waals surface area (Å²) in [6.45, 7) is 7.29. The standard InChI is InChI=1S/C19H29ClFN3O2/c1-2-22-19(24-13-16-4-5-18(21)17(20)12-16)23-8-3-9-26-14-15-6-10-25-11-7-15/h4-5,12,15H,2-3,6-11,13-14H2,1H3,(H2,22,23,24). The topological polar surface area (TPSA) is 54.9 Å². The van der Waals surface area contributed by atoms with Crippen molar-refractivity contribution in [2.24, 2.45) is 10.9 Å². The molecule has 0 radical (unpaired) electrons. The molecule has 1 aromatic rings. The van der Waals surface area contributed by atoms with Gasteiger partial charge in [-0.15, -0.1) is 0 Å². The van der Waals surface area contributed by atoms with Gasteiger partial charge in [-0.2, -0.15) is 0 Å². The second-order valence-corrected chi connectivity index (χ2v) is 6.76.